The van der Waals surface area contributed by atoms with Gasteiger partial charge in [-0.25, -0.2) is 9.59 Å². The first kappa shape index (κ1) is 15.0. The molecule has 3 N–H and O–H groups in total. The summed E-state index contributed by atoms with van der Waals surface area (Å²) in [5.74, 6) is -1.10. The summed E-state index contributed by atoms with van der Waals surface area (Å²) in [4.78, 5) is 22.7. The number of nitrogens with one attached hydrogen (secondary N) is 2. The van der Waals surface area contributed by atoms with Crippen LogP contribution in [-0.4, -0.2) is 37.4 Å². The lowest BCUT2D eigenvalue weighted by atomic mass is 10.1. The van der Waals surface area contributed by atoms with Crippen LogP contribution in [0.4, 0.5) is 4.79 Å². The van der Waals surface area contributed by atoms with Crippen LogP contribution in [0.15, 0.2) is 30.3 Å². The number of hydrogen-bond donors (Lipinski definition) is 3. The van der Waals surface area contributed by atoms with E-state index in [2.05, 4.69) is 10.6 Å². The van der Waals surface area contributed by atoms with Crippen molar-refractivity contribution in [2.45, 2.75) is 12.5 Å². The van der Waals surface area contributed by atoms with Crippen molar-refractivity contribution in [1.82, 2.24) is 10.6 Å². The van der Waals surface area contributed by atoms with Gasteiger partial charge in [0.25, 0.3) is 0 Å². The minimum atomic E-state index is -1.10. The van der Waals surface area contributed by atoms with Crippen LogP contribution in [-0.2, 0) is 9.53 Å². The summed E-state index contributed by atoms with van der Waals surface area (Å²) in [5, 5.41) is 14.1. The summed E-state index contributed by atoms with van der Waals surface area (Å²) < 4.78 is 4.85. The number of carboxylic acids is 1. The predicted octanol–water partition coefficient (Wildman–Crippen LogP) is 1.15. The standard InChI is InChI=1S/C13H18N2O4/c1-19-9-5-8-14-13(18)15-11(12(16)17)10-6-3-2-4-7-10/h2-4,6-7,11H,5,8-9H2,1H3,(H,16,17)(H2,14,15,18). The second-order valence-electron chi connectivity index (χ2n) is 3.93. The van der Waals surface area contributed by atoms with Gasteiger partial charge in [-0.05, 0) is 12.0 Å². The molecule has 19 heavy (non-hydrogen) atoms. The molecule has 2 amide bonds. The van der Waals surface area contributed by atoms with Crippen LogP contribution in [0.5, 0.6) is 0 Å². The molecule has 0 radical (unpaired) electrons. The fourth-order valence-corrected chi connectivity index (χ4v) is 1.53. The minimum absolute atomic E-state index is 0.431. The Bertz CT molecular complexity index is 408. The average molecular weight is 266 g/mol. The van der Waals surface area contributed by atoms with Crippen molar-refractivity contribution in [2.24, 2.45) is 0 Å². The van der Waals surface area contributed by atoms with Crippen molar-refractivity contribution < 1.29 is 19.4 Å². The molecule has 0 heterocycles. The van der Waals surface area contributed by atoms with Gasteiger partial charge in [-0.2, -0.15) is 0 Å². The molecule has 1 rings (SSSR count). The van der Waals surface area contributed by atoms with Crippen molar-refractivity contribution in [2.75, 3.05) is 20.3 Å². The fraction of sp³-hybridized carbons (Fsp3) is 0.385. The highest BCUT2D eigenvalue weighted by Crippen LogP contribution is 2.12. The number of hydrogen-bond acceptors (Lipinski definition) is 3. The van der Waals surface area contributed by atoms with Crippen molar-refractivity contribution in [3.05, 3.63) is 35.9 Å². The quantitative estimate of drug-likeness (QED) is 0.646. The third kappa shape index (κ3) is 5.39. The highest BCUT2D eigenvalue weighted by Gasteiger charge is 2.21. The summed E-state index contributed by atoms with van der Waals surface area (Å²) >= 11 is 0. The highest BCUT2D eigenvalue weighted by atomic mass is 16.5. The van der Waals surface area contributed by atoms with Gasteiger partial charge in [0, 0.05) is 20.3 Å². The molecule has 0 spiro atoms. The number of carbonyl (C=O) groups excluding carboxylic acids is 1. The molecule has 0 fully saturated rings. The molecule has 1 aromatic carbocycles. The number of urea groups is 1. The number of carboxylic acid groups (broad SMARTS) is 1. The molecule has 1 aromatic rings. The normalized spacial score (nSPS) is 11.6. The third-order valence-electron chi connectivity index (χ3n) is 2.47. The SMILES string of the molecule is COCCCNC(=O)NC(C(=O)O)c1ccccc1. The van der Waals surface area contributed by atoms with Crippen LogP contribution in [0.25, 0.3) is 0 Å². The zero-order valence-electron chi connectivity index (χ0n) is 10.8. The lowest BCUT2D eigenvalue weighted by molar-refractivity contribution is -0.139. The molecule has 6 heteroatoms. The molecule has 0 saturated heterocycles. The number of benzene rings is 1. The summed E-state index contributed by atoms with van der Waals surface area (Å²) in [7, 11) is 1.58. The zero-order chi connectivity index (χ0) is 14.1. The predicted molar refractivity (Wildman–Crippen MR) is 69.8 cm³/mol. The first-order chi connectivity index (χ1) is 9.15. The van der Waals surface area contributed by atoms with Crippen LogP contribution >= 0.6 is 0 Å². The number of ether oxygens (including phenoxy) is 1. The Morgan fingerprint density at radius 2 is 2.00 bits per heavy atom. The van der Waals surface area contributed by atoms with Crippen molar-refractivity contribution >= 4 is 12.0 Å². The van der Waals surface area contributed by atoms with E-state index in [-0.39, 0.29) is 0 Å². The van der Waals surface area contributed by atoms with Gasteiger partial charge in [-0.3, -0.25) is 0 Å². The Labute approximate surface area is 111 Å². The smallest absolute Gasteiger partial charge is 0.330 e. The summed E-state index contributed by atoms with van der Waals surface area (Å²) in [6.45, 7) is 0.974. The highest BCUT2D eigenvalue weighted by molar-refractivity contribution is 5.83. The molecule has 6 nitrogen and oxygen atoms in total. The van der Waals surface area contributed by atoms with Gasteiger partial charge < -0.3 is 20.5 Å². The second-order valence-corrected chi connectivity index (χ2v) is 3.93. The molecular formula is C13H18N2O4. The van der Waals surface area contributed by atoms with E-state index in [1.54, 1.807) is 37.4 Å². The van der Waals surface area contributed by atoms with E-state index in [9.17, 15) is 9.59 Å². The average Bonchev–Trinajstić information content (AvgIpc) is 2.41. The van der Waals surface area contributed by atoms with E-state index in [1.165, 1.54) is 0 Å². The van der Waals surface area contributed by atoms with Gasteiger partial charge >= 0.3 is 12.0 Å². The molecule has 0 bridgehead atoms. The van der Waals surface area contributed by atoms with Crippen LogP contribution in [0.1, 0.15) is 18.0 Å². The van der Waals surface area contributed by atoms with Gasteiger partial charge in [-0.15, -0.1) is 0 Å². The number of carbonyl (C=O) groups is 2. The van der Waals surface area contributed by atoms with E-state index in [0.29, 0.717) is 25.1 Å². The van der Waals surface area contributed by atoms with E-state index in [1.807, 2.05) is 0 Å². The molecule has 0 aliphatic heterocycles. The molecular weight excluding hydrogens is 248 g/mol. The Kier molecular flexibility index (Phi) is 6.38. The Morgan fingerprint density at radius 3 is 2.58 bits per heavy atom. The summed E-state index contributed by atoms with van der Waals surface area (Å²) in [6.07, 6.45) is 0.674. The molecule has 0 aliphatic carbocycles. The van der Waals surface area contributed by atoms with Crippen LogP contribution < -0.4 is 10.6 Å². The van der Waals surface area contributed by atoms with Crippen molar-refractivity contribution in [3.63, 3.8) is 0 Å². The van der Waals surface area contributed by atoms with E-state index < -0.39 is 18.0 Å². The zero-order valence-corrected chi connectivity index (χ0v) is 10.8. The summed E-state index contributed by atoms with van der Waals surface area (Å²) in [5.41, 5.74) is 0.530. The van der Waals surface area contributed by atoms with E-state index in [0.717, 1.165) is 0 Å². The van der Waals surface area contributed by atoms with Gasteiger partial charge in [0.1, 0.15) is 0 Å². The fourth-order valence-electron chi connectivity index (χ4n) is 1.53. The number of amides is 2. The Hall–Kier alpha value is -2.08. The van der Waals surface area contributed by atoms with Gasteiger partial charge in [0.15, 0.2) is 6.04 Å². The molecule has 0 aliphatic rings. The van der Waals surface area contributed by atoms with Crippen molar-refractivity contribution in [1.29, 1.82) is 0 Å². The van der Waals surface area contributed by atoms with Gasteiger partial charge in [0.05, 0.1) is 0 Å². The number of rotatable bonds is 7. The molecule has 1 atom stereocenters. The molecule has 1 unspecified atom stereocenters. The largest absolute Gasteiger partial charge is 0.479 e. The van der Waals surface area contributed by atoms with Crippen LogP contribution in [0, 0.1) is 0 Å². The first-order valence-electron chi connectivity index (χ1n) is 5.96. The maximum absolute atomic E-state index is 11.6. The van der Waals surface area contributed by atoms with Gasteiger partial charge in [-0.1, -0.05) is 30.3 Å². The lowest BCUT2D eigenvalue weighted by Crippen LogP contribution is -2.41. The number of aliphatic carboxylic acids is 1. The Balaban J connectivity index is 2.51. The molecule has 0 aromatic heterocycles. The molecule has 104 valence electrons. The maximum atomic E-state index is 11.6. The van der Waals surface area contributed by atoms with Crippen molar-refractivity contribution in [3.8, 4) is 0 Å². The van der Waals surface area contributed by atoms with Crippen LogP contribution in [0.3, 0.4) is 0 Å². The second kappa shape index (κ2) is 8.10. The van der Waals surface area contributed by atoms with E-state index in [4.69, 9.17) is 9.84 Å². The summed E-state index contributed by atoms with van der Waals surface area (Å²) in [6, 6.07) is 6.99. The topological polar surface area (TPSA) is 87.7 Å². The minimum Gasteiger partial charge on any atom is -0.479 e. The first-order valence-corrected chi connectivity index (χ1v) is 5.96. The third-order valence-corrected chi connectivity index (χ3v) is 2.47. The van der Waals surface area contributed by atoms with Gasteiger partial charge in [0.2, 0.25) is 0 Å². The maximum Gasteiger partial charge on any atom is 0.330 e. The number of methoxy groups -OCH3 is 1. The Morgan fingerprint density at radius 1 is 1.32 bits per heavy atom. The van der Waals surface area contributed by atoms with Crippen LogP contribution in [0.2, 0.25) is 0 Å². The monoisotopic (exact) mass is 266 g/mol. The van der Waals surface area contributed by atoms with E-state index >= 15 is 0 Å². The lowest BCUT2D eigenvalue weighted by Gasteiger charge is -2.15. The molecule has 0 saturated carbocycles.